The highest BCUT2D eigenvalue weighted by Gasteiger charge is 2.33. The van der Waals surface area contributed by atoms with Crippen LogP contribution in [0.2, 0.25) is 0 Å². The number of carbonyl (C=O) groups is 2. The monoisotopic (exact) mass is 273 g/mol. The summed E-state index contributed by atoms with van der Waals surface area (Å²) in [5, 5.41) is 0. The second kappa shape index (κ2) is 5.15. The van der Waals surface area contributed by atoms with Gasteiger partial charge in [-0.1, -0.05) is 0 Å². The smallest absolute Gasteiger partial charge is 0.227 e. The van der Waals surface area contributed by atoms with Crippen LogP contribution < -0.4 is 15.5 Å². The lowest BCUT2D eigenvalue weighted by Gasteiger charge is -2.20. The van der Waals surface area contributed by atoms with Gasteiger partial charge in [-0.25, -0.2) is 0 Å². The number of rotatable bonds is 3. The molecule has 20 heavy (non-hydrogen) atoms. The highest BCUT2D eigenvalue weighted by molar-refractivity contribution is 6.00. The Morgan fingerprint density at radius 1 is 1.10 bits per heavy atom. The van der Waals surface area contributed by atoms with Gasteiger partial charge < -0.3 is 15.5 Å². The molecule has 2 aliphatic heterocycles. The third kappa shape index (κ3) is 2.35. The van der Waals surface area contributed by atoms with Gasteiger partial charge >= 0.3 is 0 Å². The summed E-state index contributed by atoms with van der Waals surface area (Å²) in [5.41, 5.74) is 7.33. The Balaban J connectivity index is 1.74. The molecule has 0 aliphatic carbocycles. The molecule has 5 nitrogen and oxygen atoms in total. The van der Waals surface area contributed by atoms with Gasteiger partial charge in [0.05, 0.1) is 5.92 Å². The van der Waals surface area contributed by atoms with E-state index in [1.807, 2.05) is 24.3 Å². The molecular weight excluding hydrogens is 254 g/mol. The molecule has 0 saturated carbocycles. The van der Waals surface area contributed by atoms with Crippen molar-refractivity contribution in [3.8, 4) is 0 Å². The lowest BCUT2D eigenvalue weighted by Crippen LogP contribution is -2.28. The fourth-order valence-electron chi connectivity index (χ4n) is 2.97. The number of carbonyl (C=O) groups excluding carboxylic acids is 2. The van der Waals surface area contributed by atoms with Crippen LogP contribution in [0.5, 0.6) is 0 Å². The van der Waals surface area contributed by atoms with E-state index >= 15 is 0 Å². The van der Waals surface area contributed by atoms with Gasteiger partial charge in [0, 0.05) is 37.4 Å². The van der Waals surface area contributed by atoms with E-state index in [-0.39, 0.29) is 18.2 Å². The fraction of sp³-hybridized carbons (Fsp3) is 0.467. The highest BCUT2D eigenvalue weighted by Crippen LogP contribution is 2.28. The minimum Gasteiger partial charge on any atom is -0.372 e. The van der Waals surface area contributed by atoms with Crippen LogP contribution in [-0.2, 0) is 9.59 Å². The van der Waals surface area contributed by atoms with E-state index in [2.05, 4.69) is 4.90 Å². The topological polar surface area (TPSA) is 66.6 Å². The van der Waals surface area contributed by atoms with Gasteiger partial charge in [-0.05, 0) is 37.1 Å². The molecule has 1 aromatic carbocycles. The van der Waals surface area contributed by atoms with Crippen LogP contribution in [0.4, 0.5) is 11.4 Å². The fourth-order valence-corrected chi connectivity index (χ4v) is 2.97. The summed E-state index contributed by atoms with van der Waals surface area (Å²) in [5.74, 6) is -0.780. The van der Waals surface area contributed by atoms with Crippen LogP contribution in [0.25, 0.3) is 0 Å². The van der Waals surface area contributed by atoms with Gasteiger partial charge in [-0.15, -0.1) is 0 Å². The van der Waals surface area contributed by atoms with Crippen LogP contribution in [0.1, 0.15) is 19.3 Å². The predicted molar refractivity (Wildman–Crippen MR) is 77.5 cm³/mol. The quantitative estimate of drug-likeness (QED) is 0.897. The molecule has 0 aromatic heterocycles. The number of amides is 2. The van der Waals surface area contributed by atoms with E-state index in [4.69, 9.17) is 5.73 Å². The van der Waals surface area contributed by atoms with Crippen molar-refractivity contribution in [3.63, 3.8) is 0 Å². The molecule has 1 unspecified atom stereocenters. The second-order valence-corrected chi connectivity index (χ2v) is 5.52. The maximum atomic E-state index is 11.9. The lowest BCUT2D eigenvalue weighted by atomic mass is 10.1. The normalized spacial score (nSPS) is 22.6. The third-order valence-electron chi connectivity index (χ3n) is 4.16. The van der Waals surface area contributed by atoms with Gasteiger partial charge in [0.25, 0.3) is 0 Å². The van der Waals surface area contributed by atoms with Crippen LogP contribution in [0.3, 0.4) is 0 Å². The van der Waals surface area contributed by atoms with Crippen molar-refractivity contribution < 1.29 is 9.59 Å². The van der Waals surface area contributed by atoms with Gasteiger partial charge in [0.2, 0.25) is 11.8 Å². The molecule has 5 heteroatoms. The summed E-state index contributed by atoms with van der Waals surface area (Å²) in [6, 6.07) is 8.00. The average Bonchev–Trinajstić information content (AvgIpc) is 3.08. The molecule has 2 saturated heterocycles. The SMILES string of the molecule is NC(=O)C1CC(=O)N(c2ccc(N3CCCC3)cc2)C1. The van der Waals surface area contributed by atoms with E-state index in [1.54, 1.807) is 4.90 Å². The Labute approximate surface area is 118 Å². The zero-order valence-corrected chi connectivity index (χ0v) is 11.4. The van der Waals surface area contributed by atoms with E-state index in [0.29, 0.717) is 6.54 Å². The van der Waals surface area contributed by atoms with Crippen molar-refractivity contribution in [1.82, 2.24) is 0 Å². The first kappa shape index (κ1) is 13.0. The Morgan fingerprint density at radius 3 is 2.25 bits per heavy atom. The number of hydrogen-bond donors (Lipinski definition) is 1. The van der Waals surface area contributed by atoms with Gasteiger partial charge in [-0.2, -0.15) is 0 Å². The summed E-state index contributed by atoms with van der Waals surface area (Å²) >= 11 is 0. The van der Waals surface area contributed by atoms with E-state index < -0.39 is 5.91 Å². The van der Waals surface area contributed by atoms with Gasteiger partial charge in [-0.3, -0.25) is 9.59 Å². The average molecular weight is 273 g/mol. The number of hydrogen-bond acceptors (Lipinski definition) is 3. The molecule has 2 N–H and O–H groups in total. The number of nitrogens with two attached hydrogens (primary N) is 1. The highest BCUT2D eigenvalue weighted by atomic mass is 16.2. The molecule has 2 aliphatic rings. The molecule has 2 amide bonds. The van der Waals surface area contributed by atoms with Crippen LogP contribution in [0.15, 0.2) is 24.3 Å². The lowest BCUT2D eigenvalue weighted by molar-refractivity contribution is -0.123. The number of anilines is 2. The zero-order valence-electron chi connectivity index (χ0n) is 11.4. The van der Waals surface area contributed by atoms with Crippen molar-refractivity contribution >= 4 is 23.2 Å². The summed E-state index contributed by atoms with van der Waals surface area (Å²) in [6.07, 6.45) is 2.71. The van der Waals surface area contributed by atoms with Crippen molar-refractivity contribution in [1.29, 1.82) is 0 Å². The standard InChI is InChI=1S/C15H19N3O2/c16-15(20)11-9-14(19)18(10-11)13-5-3-12(4-6-13)17-7-1-2-8-17/h3-6,11H,1-2,7-10H2,(H2,16,20). The Morgan fingerprint density at radius 2 is 1.70 bits per heavy atom. The van der Waals surface area contributed by atoms with Crippen molar-refractivity contribution in [2.45, 2.75) is 19.3 Å². The molecular formula is C15H19N3O2. The van der Waals surface area contributed by atoms with E-state index in [0.717, 1.165) is 18.8 Å². The first-order chi connectivity index (χ1) is 9.65. The molecule has 0 spiro atoms. The van der Waals surface area contributed by atoms with Crippen LogP contribution in [0, 0.1) is 5.92 Å². The minimum absolute atomic E-state index is 0.0253. The van der Waals surface area contributed by atoms with E-state index in [9.17, 15) is 9.59 Å². The molecule has 0 radical (unpaired) electrons. The second-order valence-electron chi connectivity index (χ2n) is 5.52. The molecule has 2 heterocycles. The molecule has 1 atom stereocenters. The van der Waals surface area contributed by atoms with E-state index in [1.165, 1.54) is 18.5 Å². The first-order valence-electron chi connectivity index (χ1n) is 7.10. The van der Waals surface area contributed by atoms with Crippen LogP contribution >= 0.6 is 0 Å². The Hall–Kier alpha value is -2.04. The third-order valence-corrected chi connectivity index (χ3v) is 4.16. The summed E-state index contributed by atoms with van der Waals surface area (Å²) in [7, 11) is 0. The predicted octanol–water partition coefficient (Wildman–Crippen LogP) is 1.12. The molecule has 0 bridgehead atoms. The number of primary amides is 1. The maximum absolute atomic E-state index is 11.9. The van der Waals surface area contributed by atoms with Crippen molar-refractivity contribution in [2.75, 3.05) is 29.4 Å². The minimum atomic E-state index is -0.394. The largest absolute Gasteiger partial charge is 0.372 e. The molecule has 1 aromatic rings. The Kier molecular flexibility index (Phi) is 3.34. The van der Waals surface area contributed by atoms with Crippen LogP contribution in [-0.4, -0.2) is 31.4 Å². The first-order valence-corrected chi connectivity index (χ1v) is 7.10. The van der Waals surface area contributed by atoms with Crippen molar-refractivity contribution in [3.05, 3.63) is 24.3 Å². The van der Waals surface area contributed by atoms with Gasteiger partial charge in [0.15, 0.2) is 0 Å². The van der Waals surface area contributed by atoms with Crippen molar-refractivity contribution in [2.24, 2.45) is 11.7 Å². The summed E-state index contributed by atoms with van der Waals surface area (Å²) < 4.78 is 0. The summed E-state index contributed by atoms with van der Waals surface area (Å²) in [4.78, 5) is 27.1. The molecule has 106 valence electrons. The maximum Gasteiger partial charge on any atom is 0.227 e. The Bertz CT molecular complexity index is 520. The molecule has 3 rings (SSSR count). The summed E-state index contributed by atoms with van der Waals surface area (Å²) in [6.45, 7) is 2.61. The number of nitrogens with zero attached hydrogens (tertiary/aromatic N) is 2. The number of benzene rings is 1. The molecule has 2 fully saturated rings. The van der Waals surface area contributed by atoms with Gasteiger partial charge in [0.1, 0.15) is 0 Å². The zero-order chi connectivity index (χ0) is 14.1.